The van der Waals surface area contributed by atoms with Gasteiger partial charge in [-0.05, 0) is 43.9 Å². The van der Waals surface area contributed by atoms with Crippen LogP contribution in [0.3, 0.4) is 0 Å². The summed E-state index contributed by atoms with van der Waals surface area (Å²) in [5, 5.41) is 3.50. The van der Waals surface area contributed by atoms with Crippen molar-refractivity contribution in [2.45, 2.75) is 38.8 Å². The van der Waals surface area contributed by atoms with Gasteiger partial charge in [0, 0.05) is 39.3 Å². The van der Waals surface area contributed by atoms with Gasteiger partial charge in [0.05, 0.1) is 13.2 Å². The molecule has 0 aliphatic carbocycles. The standard InChI is InChI=1S/C20H32N4O.HI/c1-3-21-20(22-15-19-9-6-11-23(19)13-14-25-2)24-12-10-17-7-4-5-8-18(17)16-24;/h4-5,7-8,19H,3,6,9-16H2,1-2H3,(H,21,22);1H. The van der Waals surface area contributed by atoms with Crippen molar-refractivity contribution in [2.75, 3.05) is 46.4 Å². The zero-order chi connectivity index (χ0) is 17.5. The maximum atomic E-state index is 5.25. The van der Waals surface area contributed by atoms with Gasteiger partial charge >= 0.3 is 0 Å². The number of likely N-dealkylation sites (tertiary alicyclic amines) is 1. The van der Waals surface area contributed by atoms with Crippen LogP contribution in [0, 0.1) is 0 Å². The molecule has 2 aliphatic heterocycles. The zero-order valence-electron chi connectivity index (χ0n) is 16.1. The number of hydrogen-bond donors (Lipinski definition) is 1. The molecule has 1 fully saturated rings. The first-order chi connectivity index (χ1) is 12.3. The van der Waals surface area contributed by atoms with Crippen LogP contribution < -0.4 is 5.32 Å². The maximum Gasteiger partial charge on any atom is 0.194 e. The number of ether oxygens (including phenoxy) is 1. The number of hydrogen-bond acceptors (Lipinski definition) is 3. The number of aliphatic imine (C=N–C) groups is 1. The highest BCUT2D eigenvalue weighted by molar-refractivity contribution is 14.0. The Balaban J connectivity index is 0.00000243. The zero-order valence-corrected chi connectivity index (χ0v) is 18.4. The largest absolute Gasteiger partial charge is 0.383 e. The second-order valence-electron chi connectivity index (χ2n) is 6.96. The molecule has 0 spiro atoms. The van der Waals surface area contributed by atoms with Crippen LogP contribution >= 0.6 is 24.0 Å². The van der Waals surface area contributed by atoms with Crippen molar-refractivity contribution in [3.8, 4) is 0 Å². The Bertz CT molecular complexity index is 581. The van der Waals surface area contributed by atoms with E-state index in [2.05, 4.69) is 46.3 Å². The Hall–Kier alpha value is -0.860. The van der Waals surface area contributed by atoms with Gasteiger partial charge in [-0.15, -0.1) is 24.0 Å². The highest BCUT2D eigenvalue weighted by Gasteiger charge is 2.25. The molecule has 2 heterocycles. The van der Waals surface area contributed by atoms with E-state index in [4.69, 9.17) is 9.73 Å². The molecule has 0 bridgehead atoms. The molecule has 0 amide bonds. The van der Waals surface area contributed by atoms with E-state index in [-0.39, 0.29) is 24.0 Å². The van der Waals surface area contributed by atoms with Crippen molar-refractivity contribution in [1.29, 1.82) is 0 Å². The molecule has 1 saturated heterocycles. The van der Waals surface area contributed by atoms with E-state index in [9.17, 15) is 0 Å². The van der Waals surface area contributed by atoms with Gasteiger partial charge in [0.25, 0.3) is 0 Å². The molecule has 3 rings (SSSR count). The summed E-state index contributed by atoms with van der Waals surface area (Å²) in [5.74, 6) is 1.07. The number of rotatable bonds is 6. The van der Waals surface area contributed by atoms with Crippen LogP contribution in [0.2, 0.25) is 0 Å². The summed E-state index contributed by atoms with van der Waals surface area (Å²) in [6, 6.07) is 9.33. The molecule has 6 heteroatoms. The van der Waals surface area contributed by atoms with E-state index in [1.807, 2.05) is 0 Å². The number of fused-ring (bicyclic) bond motifs is 1. The topological polar surface area (TPSA) is 40.1 Å². The number of nitrogens with one attached hydrogen (secondary N) is 1. The summed E-state index contributed by atoms with van der Waals surface area (Å²) in [6.45, 7) is 8.94. The van der Waals surface area contributed by atoms with E-state index in [1.165, 1.54) is 30.5 Å². The average molecular weight is 472 g/mol. The lowest BCUT2D eigenvalue weighted by atomic mass is 10.0. The second kappa shape index (κ2) is 11.1. The summed E-state index contributed by atoms with van der Waals surface area (Å²) in [5.41, 5.74) is 2.91. The lowest BCUT2D eigenvalue weighted by molar-refractivity contribution is 0.142. The van der Waals surface area contributed by atoms with Gasteiger partial charge in [-0.1, -0.05) is 24.3 Å². The lowest BCUT2D eigenvalue weighted by Crippen LogP contribution is -2.45. The van der Waals surface area contributed by atoms with Crippen molar-refractivity contribution in [3.63, 3.8) is 0 Å². The summed E-state index contributed by atoms with van der Waals surface area (Å²) in [7, 11) is 1.78. The van der Waals surface area contributed by atoms with Crippen LogP contribution in [0.4, 0.5) is 0 Å². The first-order valence-electron chi connectivity index (χ1n) is 9.65. The Kier molecular flexibility index (Phi) is 9.15. The molecular formula is C20H33IN4O. The molecule has 1 atom stereocenters. The number of nitrogens with zero attached hydrogens (tertiary/aromatic N) is 3. The van der Waals surface area contributed by atoms with Crippen molar-refractivity contribution >= 4 is 29.9 Å². The molecule has 0 aromatic heterocycles. The second-order valence-corrected chi connectivity index (χ2v) is 6.96. The maximum absolute atomic E-state index is 5.25. The molecule has 5 nitrogen and oxygen atoms in total. The molecule has 0 radical (unpaired) electrons. The monoisotopic (exact) mass is 472 g/mol. The third-order valence-electron chi connectivity index (χ3n) is 5.30. The molecule has 1 aromatic rings. The van der Waals surface area contributed by atoms with Gasteiger partial charge in [0.1, 0.15) is 0 Å². The predicted molar refractivity (Wildman–Crippen MR) is 118 cm³/mol. The Morgan fingerprint density at radius 2 is 2.08 bits per heavy atom. The van der Waals surface area contributed by atoms with Crippen LogP contribution in [0.25, 0.3) is 0 Å². The molecule has 0 saturated carbocycles. The normalized spacial score (nSPS) is 20.6. The minimum atomic E-state index is 0. The summed E-state index contributed by atoms with van der Waals surface area (Å²) in [6.07, 6.45) is 3.62. The van der Waals surface area contributed by atoms with E-state index in [1.54, 1.807) is 7.11 Å². The summed E-state index contributed by atoms with van der Waals surface area (Å²) < 4.78 is 5.25. The van der Waals surface area contributed by atoms with Gasteiger partial charge in [0.15, 0.2) is 5.96 Å². The molecule has 2 aliphatic rings. The predicted octanol–water partition coefficient (Wildman–Crippen LogP) is 2.74. The van der Waals surface area contributed by atoms with Crippen LogP contribution in [-0.2, 0) is 17.7 Å². The van der Waals surface area contributed by atoms with Crippen molar-refractivity contribution in [3.05, 3.63) is 35.4 Å². The highest BCUT2D eigenvalue weighted by Crippen LogP contribution is 2.20. The third-order valence-corrected chi connectivity index (χ3v) is 5.30. The Labute approximate surface area is 175 Å². The molecular weight excluding hydrogens is 439 g/mol. The highest BCUT2D eigenvalue weighted by atomic mass is 127. The minimum absolute atomic E-state index is 0. The molecule has 1 unspecified atom stereocenters. The minimum Gasteiger partial charge on any atom is -0.383 e. The van der Waals surface area contributed by atoms with Gasteiger partial charge in [-0.2, -0.15) is 0 Å². The summed E-state index contributed by atoms with van der Waals surface area (Å²) >= 11 is 0. The number of guanidine groups is 1. The Morgan fingerprint density at radius 3 is 2.85 bits per heavy atom. The van der Waals surface area contributed by atoms with Crippen LogP contribution in [0.5, 0.6) is 0 Å². The van der Waals surface area contributed by atoms with Gasteiger partial charge < -0.3 is 15.0 Å². The fourth-order valence-corrected chi connectivity index (χ4v) is 3.90. The van der Waals surface area contributed by atoms with Crippen molar-refractivity contribution in [2.24, 2.45) is 4.99 Å². The van der Waals surface area contributed by atoms with Gasteiger partial charge in [-0.25, -0.2) is 0 Å². The van der Waals surface area contributed by atoms with Crippen LogP contribution in [0.15, 0.2) is 29.3 Å². The average Bonchev–Trinajstić information content (AvgIpc) is 3.10. The fraction of sp³-hybridized carbons (Fsp3) is 0.650. The van der Waals surface area contributed by atoms with E-state index in [0.717, 1.165) is 51.7 Å². The quantitative estimate of drug-likeness (QED) is 0.393. The number of methoxy groups -OCH3 is 1. The van der Waals surface area contributed by atoms with E-state index in [0.29, 0.717) is 6.04 Å². The first kappa shape index (κ1) is 21.4. The lowest BCUT2D eigenvalue weighted by Gasteiger charge is -2.32. The van der Waals surface area contributed by atoms with E-state index >= 15 is 0 Å². The third kappa shape index (κ3) is 5.57. The first-order valence-corrected chi connectivity index (χ1v) is 9.65. The molecule has 146 valence electrons. The smallest absolute Gasteiger partial charge is 0.194 e. The van der Waals surface area contributed by atoms with Gasteiger partial charge in [-0.3, -0.25) is 9.89 Å². The van der Waals surface area contributed by atoms with Crippen LogP contribution in [-0.4, -0.2) is 68.2 Å². The molecule has 26 heavy (non-hydrogen) atoms. The Morgan fingerprint density at radius 1 is 1.27 bits per heavy atom. The van der Waals surface area contributed by atoms with Crippen LogP contribution in [0.1, 0.15) is 30.9 Å². The molecule has 1 N–H and O–H groups in total. The number of benzene rings is 1. The fourth-order valence-electron chi connectivity index (χ4n) is 3.90. The van der Waals surface area contributed by atoms with E-state index < -0.39 is 0 Å². The van der Waals surface area contributed by atoms with Gasteiger partial charge in [0.2, 0.25) is 0 Å². The summed E-state index contributed by atoms with van der Waals surface area (Å²) in [4.78, 5) is 9.93. The SMILES string of the molecule is CCNC(=NCC1CCCN1CCOC)N1CCc2ccccc2C1.I. The van der Waals surface area contributed by atoms with Crippen molar-refractivity contribution < 1.29 is 4.74 Å². The molecule has 1 aromatic carbocycles. The number of halogens is 1. The van der Waals surface area contributed by atoms with Crippen molar-refractivity contribution in [1.82, 2.24) is 15.1 Å².